The first-order valence-electron chi connectivity index (χ1n) is 12.2. The molecule has 0 radical (unpaired) electrons. The molecule has 10 heteroatoms. The first-order valence-corrected chi connectivity index (χ1v) is 13.0. The standard InChI is InChI=1S/C27H28ClN3O5S/c1-17(32)35-16-21-14-31-15-23(27(33)29-12-18-2-4-20(28)5-3-18)26(37)22-10-19(11-24(36-21)25(22)31)13-30-6-8-34-9-7-30/h2-5,10-11,15,21H,6-9,12-14,16H2,1H3,(H,29,33). The molecule has 0 saturated carbocycles. The van der Waals surface area contributed by atoms with Crippen LogP contribution in [0, 0.1) is 4.51 Å². The number of halogens is 1. The lowest BCUT2D eigenvalue weighted by molar-refractivity contribution is -0.143. The Morgan fingerprint density at radius 1 is 1.16 bits per heavy atom. The van der Waals surface area contributed by atoms with Crippen LogP contribution in [0.2, 0.25) is 5.02 Å². The molecule has 1 amide bonds. The second kappa shape index (κ2) is 11.2. The number of nitrogens with zero attached hydrogens (tertiary/aromatic N) is 2. The highest BCUT2D eigenvalue weighted by Crippen LogP contribution is 2.34. The van der Waals surface area contributed by atoms with E-state index in [0.717, 1.165) is 35.1 Å². The summed E-state index contributed by atoms with van der Waals surface area (Å²) in [6.45, 7) is 6.07. The van der Waals surface area contributed by atoms with Crippen molar-refractivity contribution < 1.29 is 23.8 Å². The van der Waals surface area contributed by atoms with Gasteiger partial charge in [0.15, 0.2) is 6.10 Å². The molecule has 2 aliphatic heterocycles. The van der Waals surface area contributed by atoms with Crippen molar-refractivity contribution in [3.63, 3.8) is 0 Å². The number of pyridine rings is 1. The van der Waals surface area contributed by atoms with Gasteiger partial charge in [0.25, 0.3) is 5.91 Å². The van der Waals surface area contributed by atoms with Gasteiger partial charge in [0.05, 0.1) is 35.3 Å². The summed E-state index contributed by atoms with van der Waals surface area (Å²) < 4.78 is 19.4. The Labute approximate surface area is 225 Å². The molecular weight excluding hydrogens is 514 g/mol. The van der Waals surface area contributed by atoms with Gasteiger partial charge in [-0.05, 0) is 35.4 Å². The number of carbonyl (C=O) groups is 2. The second-order valence-corrected chi connectivity index (χ2v) is 10.1. The minimum atomic E-state index is -0.385. The molecule has 8 nitrogen and oxygen atoms in total. The van der Waals surface area contributed by atoms with Gasteiger partial charge in [-0.15, -0.1) is 0 Å². The van der Waals surface area contributed by atoms with Gasteiger partial charge in [-0.25, -0.2) is 0 Å². The third kappa shape index (κ3) is 5.96. The summed E-state index contributed by atoms with van der Waals surface area (Å²) in [5.41, 5.74) is 3.22. The fourth-order valence-electron chi connectivity index (χ4n) is 4.68. The number of ether oxygens (including phenoxy) is 3. The Morgan fingerprint density at radius 2 is 1.92 bits per heavy atom. The van der Waals surface area contributed by atoms with E-state index in [4.69, 9.17) is 38.0 Å². The molecule has 194 valence electrons. The van der Waals surface area contributed by atoms with Crippen molar-refractivity contribution in [3.8, 4) is 5.75 Å². The van der Waals surface area contributed by atoms with E-state index in [9.17, 15) is 9.59 Å². The fourth-order valence-corrected chi connectivity index (χ4v) is 5.10. The summed E-state index contributed by atoms with van der Waals surface area (Å²) in [5.74, 6) is 0.0472. The number of morpholine rings is 1. The van der Waals surface area contributed by atoms with E-state index in [2.05, 4.69) is 16.3 Å². The number of benzene rings is 2. The topological polar surface area (TPSA) is 82.0 Å². The Balaban J connectivity index is 1.49. The quantitative estimate of drug-likeness (QED) is 0.356. The predicted octanol–water partition coefficient (Wildman–Crippen LogP) is 4.11. The number of rotatable bonds is 7. The van der Waals surface area contributed by atoms with Crippen molar-refractivity contribution in [3.05, 3.63) is 68.8 Å². The van der Waals surface area contributed by atoms with Gasteiger partial charge >= 0.3 is 5.97 Å². The Morgan fingerprint density at radius 3 is 2.65 bits per heavy atom. The lowest BCUT2D eigenvalue weighted by Gasteiger charge is -2.30. The highest BCUT2D eigenvalue weighted by molar-refractivity contribution is 7.71. The molecule has 1 atom stereocenters. The van der Waals surface area contributed by atoms with E-state index in [1.165, 1.54) is 6.92 Å². The molecule has 0 aliphatic carbocycles. The summed E-state index contributed by atoms with van der Waals surface area (Å²) in [6.07, 6.45) is 1.39. The molecule has 1 fully saturated rings. The number of aromatic nitrogens is 1. The molecule has 2 aliphatic rings. The van der Waals surface area contributed by atoms with Crippen molar-refractivity contribution >= 4 is 46.6 Å². The monoisotopic (exact) mass is 541 g/mol. The molecule has 1 unspecified atom stereocenters. The van der Waals surface area contributed by atoms with Gasteiger partial charge in [-0.2, -0.15) is 0 Å². The van der Waals surface area contributed by atoms with Crippen LogP contribution in [0.15, 0.2) is 42.6 Å². The van der Waals surface area contributed by atoms with E-state index in [1.54, 1.807) is 18.3 Å². The Kier molecular flexibility index (Phi) is 7.76. The van der Waals surface area contributed by atoms with Crippen LogP contribution in [-0.4, -0.2) is 60.4 Å². The summed E-state index contributed by atoms with van der Waals surface area (Å²) >= 11 is 11.8. The Bertz CT molecular complexity index is 1390. The second-order valence-electron chi connectivity index (χ2n) is 9.25. The van der Waals surface area contributed by atoms with Crippen molar-refractivity contribution in [1.29, 1.82) is 0 Å². The zero-order valence-electron chi connectivity index (χ0n) is 20.5. The molecule has 37 heavy (non-hydrogen) atoms. The van der Waals surface area contributed by atoms with Gasteiger partial charge in [0.1, 0.15) is 12.4 Å². The van der Waals surface area contributed by atoms with Gasteiger partial charge in [-0.3, -0.25) is 14.5 Å². The minimum Gasteiger partial charge on any atom is -0.483 e. The molecule has 3 aromatic rings. The zero-order valence-corrected chi connectivity index (χ0v) is 22.1. The first-order chi connectivity index (χ1) is 17.9. The summed E-state index contributed by atoms with van der Waals surface area (Å²) in [7, 11) is 0. The molecule has 1 aromatic heterocycles. The maximum Gasteiger partial charge on any atom is 0.302 e. The molecule has 2 aromatic carbocycles. The molecule has 0 bridgehead atoms. The Hall–Kier alpha value is -2.98. The highest BCUT2D eigenvalue weighted by Gasteiger charge is 2.26. The minimum absolute atomic E-state index is 0.116. The van der Waals surface area contributed by atoms with Crippen LogP contribution in [0.5, 0.6) is 5.75 Å². The smallest absolute Gasteiger partial charge is 0.302 e. The third-order valence-electron chi connectivity index (χ3n) is 6.48. The van der Waals surface area contributed by atoms with Crippen molar-refractivity contribution in [1.82, 2.24) is 14.8 Å². The van der Waals surface area contributed by atoms with E-state index < -0.39 is 0 Å². The average Bonchev–Trinajstić information content (AvgIpc) is 2.89. The maximum absolute atomic E-state index is 13.3. The van der Waals surface area contributed by atoms with Crippen LogP contribution < -0.4 is 10.1 Å². The van der Waals surface area contributed by atoms with Gasteiger partial charge in [0, 0.05) is 49.7 Å². The lowest BCUT2D eigenvalue weighted by Crippen LogP contribution is -2.36. The van der Waals surface area contributed by atoms with Gasteiger partial charge in [-0.1, -0.05) is 36.0 Å². The van der Waals surface area contributed by atoms with E-state index in [1.807, 2.05) is 22.8 Å². The van der Waals surface area contributed by atoms with Crippen molar-refractivity contribution in [2.45, 2.75) is 32.7 Å². The predicted molar refractivity (Wildman–Crippen MR) is 143 cm³/mol. The van der Waals surface area contributed by atoms with E-state index in [0.29, 0.717) is 53.7 Å². The third-order valence-corrected chi connectivity index (χ3v) is 7.18. The normalized spacial score (nSPS) is 17.3. The van der Waals surface area contributed by atoms with E-state index >= 15 is 0 Å². The van der Waals surface area contributed by atoms with Crippen LogP contribution >= 0.6 is 23.8 Å². The maximum atomic E-state index is 13.3. The molecule has 1 N–H and O–H groups in total. The summed E-state index contributed by atoms with van der Waals surface area (Å²) in [5, 5.41) is 4.40. The molecule has 3 heterocycles. The number of carbonyl (C=O) groups excluding carboxylic acids is 2. The number of nitrogens with one attached hydrogen (secondary N) is 1. The lowest BCUT2D eigenvalue weighted by atomic mass is 10.0. The number of amides is 1. The van der Waals surface area contributed by atoms with Crippen LogP contribution in [0.4, 0.5) is 0 Å². The van der Waals surface area contributed by atoms with Crippen molar-refractivity contribution in [2.75, 3.05) is 32.9 Å². The SMILES string of the molecule is CC(=O)OCC1Cn2cc(C(=O)NCc3ccc(Cl)cc3)c(=S)c3cc(CN4CCOCC4)cc(c32)O1. The molecular formula is C27H28ClN3O5S. The van der Waals surface area contributed by atoms with Crippen LogP contribution in [0.25, 0.3) is 10.9 Å². The highest BCUT2D eigenvalue weighted by atomic mass is 35.5. The fraction of sp³-hybridized carbons (Fsp3) is 0.370. The summed E-state index contributed by atoms with van der Waals surface area (Å²) in [6, 6.07) is 11.4. The molecule has 5 rings (SSSR count). The largest absolute Gasteiger partial charge is 0.483 e. The summed E-state index contributed by atoms with van der Waals surface area (Å²) in [4.78, 5) is 27.0. The van der Waals surface area contributed by atoms with Gasteiger partial charge in [0.2, 0.25) is 0 Å². The number of esters is 1. The van der Waals surface area contributed by atoms with Crippen LogP contribution in [0.3, 0.4) is 0 Å². The first kappa shape index (κ1) is 25.7. The zero-order chi connectivity index (χ0) is 25.9. The number of hydrogen-bond acceptors (Lipinski definition) is 7. The average molecular weight is 542 g/mol. The van der Waals surface area contributed by atoms with Gasteiger partial charge < -0.3 is 24.1 Å². The van der Waals surface area contributed by atoms with E-state index in [-0.39, 0.29) is 24.6 Å². The van der Waals surface area contributed by atoms with Crippen molar-refractivity contribution in [2.24, 2.45) is 0 Å². The van der Waals surface area contributed by atoms with Crippen LogP contribution in [0.1, 0.15) is 28.4 Å². The number of hydrogen-bond donors (Lipinski definition) is 1. The van der Waals surface area contributed by atoms with Crippen LogP contribution in [-0.2, 0) is 33.9 Å². The molecule has 0 spiro atoms. The molecule has 1 saturated heterocycles.